The van der Waals surface area contributed by atoms with E-state index in [4.69, 9.17) is 14.4 Å². The first-order valence-corrected chi connectivity index (χ1v) is 18.0. The Kier molecular flexibility index (Phi) is 6.58. The van der Waals surface area contributed by atoms with Crippen molar-refractivity contribution in [2.75, 3.05) is 0 Å². The summed E-state index contributed by atoms with van der Waals surface area (Å²) in [5.74, 6) is 1.47. The normalized spacial score (nSPS) is 14.6. The van der Waals surface area contributed by atoms with E-state index in [1.807, 2.05) is 18.2 Å². The molecule has 0 fully saturated rings. The van der Waals surface area contributed by atoms with Crippen LogP contribution in [-0.2, 0) is 0 Å². The average molecular weight is 678 g/mol. The molecule has 1 N–H and O–H groups in total. The molecule has 53 heavy (non-hydrogen) atoms. The van der Waals surface area contributed by atoms with Crippen LogP contribution in [0.4, 0.5) is 0 Å². The van der Waals surface area contributed by atoms with Crippen molar-refractivity contribution in [1.82, 2.24) is 5.32 Å². The number of rotatable bonds is 4. The van der Waals surface area contributed by atoms with E-state index in [-0.39, 0.29) is 0 Å². The molecule has 1 unspecified atom stereocenters. The van der Waals surface area contributed by atoms with Crippen LogP contribution in [0.25, 0.3) is 76.2 Å². The molecule has 10 aromatic rings. The number of furan rings is 1. The number of aliphatic imine (C=N–C) groups is 2. The van der Waals surface area contributed by atoms with Crippen molar-refractivity contribution in [2.24, 2.45) is 9.98 Å². The number of hydrogen-bond acceptors (Lipinski definition) is 4. The second-order valence-corrected chi connectivity index (χ2v) is 13.7. The zero-order valence-electron chi connectivity index (χ0n) is 28.6. The fourth-order valence-corrected chi connectivity index (χ4v) is 8.19. The van der Waals surface area contributed by atoms with E-state index in [0.717, 1.165) is 61.0 Å². The molecule has 0 amide bonds. The first kappa shape index (κ1) is 29.7. The second-order valence-electron chi connectivity index (χ2n) is 13.7. The number of fused-ring (bicyclic) bond motifs is 9. The molecule has 1 atom stereocenters. The highest BCUT2D eigenvalue weighted by Crippen LogP contribution is 2.41. The SMILES string of the molecule is c1ccc(-c2ccc(C3N=C(c4ccc5ccc6ccccc6c5c4)N=C(c4cc5ccccc5c5ccccc45)N3)c3c2oc2ccccc23)cc1. The molecule has 1 aromatic heterocycles. The molecule has 0 saturated heterocycles. The Morgan fingerprint density at radius 1 is 0.453 bits per heavy atom. The van der Waals surface area contributed by atoms with Gasteiger partial charge in [0.25, 0.3) is 0 Å². The maximum atomic E-state index is 6.68. The van der Waals surface area contributed by atoms with Gasteiger partial charge in [-0.3, -0.25) is 0 Å². The van der Waals surface area contributed by atoms with Gasteiger partial charge in [-0.2, -0.15) is 0 Å². The number of amidine groups is 2. The quantitative estimate of drug-likeness (QED) is 0.189. The highest BCUT2D eigenvalue weighted by molar-refractivity contribution is 6.23. The predicted octanol–water partition coefficient (Wildman–Crippen LogP) is 12.4. The molecule has 248 valence electrons. The van der Waals surface area contributed by atoms with Gasteiger partial charge in [-0.25, -0.2) is 9.98 Å². The largest absolute Gasteiger partial charge is 0.455 e. The minimum atomic E-state index is -0.445. The van der Waals surface area contributed by atoms with E-state index >= 15 is 0 Å². The van der Waals surface area contributed by atoms with Gasteiger partial charge in [0.1, 0.15) is 23.2 Å². The molecule has 4 heteroatoms. The van der Waals surface area contributed by atoms with Crippen LogP contribution >= 0.6 is 0 Å². The predicted molar refractivity (Wildman–Crippen MR) is 221 cm³/mol. The Bertz CT molecular complexity index is 3150. The van der Waals surface area contributed by atoms with Crippen LogP contribution in [0.15, 0.2) is 190 Å². The van der Waals surface area contributed by atoms with E-state index in [0.29, 0.717) is 5.84 Å². The van der Waals surface area contributed by atoms with Crippen LogP contribution in [0.1, 0.15) is 22.9 Å². The van der Waals surface area contributed by atoms with Crippen molar-refractivity contribution in [3.63, 3.8) is 0 Å². The highest BCUT2D eigenvalue weighted by atomic mass is 16.3. The van der Waals surface area contributed by atoms with Gasteiger partial charge in [0, 0.05) is 33.0 Å². The van der Waals surface area contributed by atoms with Gasteiger partial charge < -0.3 is 9.73 Å². The first-order valence-electron chi connectivity index (χ1n) is 18.0. The minimum absolute atomic E-state index is 0.445. The van der Waals surface area contributed by atoms with Crippen LogP contribution in [0.5, 0.6) is 0 Å². The van der Waals surface area contributed by atoms with E-state index in [2.05, 4.69) is 163 Å². The molecule has 0 radical (unpaired) electrons. The summed E-state index contributed by atoms with van der Waals surface area (Å²) in [5.41, 5.74) is 6.91. The highest BCUT2D eigenvalue weighted by Gasteiger charge is 2.27. The molecular weight excluding hydrogens is 647 g/mol. The molecule has 1 aliphatic heterocycles. The van der Waals surface area contributed by atoms with Crippen LogP contribution in [0.3, 0.4) is 0 Å². The fraction of sp³-hybridized carbons (Fsp3) is 0.0204. The van der Waals surface area contributed by atoms with Crippen LogP contribution in [0, 0.1) is 0 Å². The zero-order chi connectivity index (χ0) is 34.9. The molecule has 0 aliphatic carbocycles. The molecule has 1 aliphatic rings. The summed E-state index contributed by atoms with van der Waals surface area (Å²) >= 11 is 0. The van der Waals surface area contributed by atoms with Crippen molar-refractivity contribution in [1.29, 1.82) is 0 Å². The average Bonchev–Trinajstić information content (AvgIpc) is 3.63. The van der Waals surface area contributed by atoms with E-state index in [1.165, 1.54) is 37.7 Å². The van der Waals surface area contributed by atoms with Gasteiger partial charge in [0.2, 0.25) is 0 Å². The standard InChI is InChI=1S/C49H31N3O/c1-2-12-30(13-3-1)37-26-27-41(45-40-20-10-11-21-44(40)53-46(37)45)48-50-47(34-25-24-32-23-22-31-14-4-6-16-35(31)42(32)29-34)51-49(52-48)43-28-33-15-5-7-17-36(33)38-18-8-9-19-39(38)43/h1-29,48H,(H,50,51,52). The topological polar surface area (TPSA) is 49.9 Å². The van der Waals surface area contributed by atoms with E-state index in [1.54, 1.807) is 0 Å². The summed E-state index contributed by atoms with van der Waals surface area (Å²) in [6.45, 7) is 0. The summed E-state index contributed by atoms with van der Waals surface area (Å²) in [5, 5.41) is 15.5. The Morgan fingerprint density at radius 3 is 1.92 bits per heavy atom. The molecule has 0 spiro atoms. The van der Waals surface area contributed by atoms with Crippen molar-refractivity contribution < 1.29 is 4.42 Å². The zero-order valence-corrected chi connectivity index (χ0v) is 28.6. The van der Waals surface area contributed by atoms with Gasteiger partial charge in [0.05, 0.1) is 0 Å². The molecule has 0 bridgehead atoms. The van der Waals surface area contributed by atoms with Gasteiger partial charge in [-0.05, 0) is 66.9 Å². The van der Waals surface area contributed by atoms with E-state index in [9.17, 15) is 0 Å². The summed E-state index contributed by atoms with van der Waals surface area (Å²) in [6, 6.07) is 62.1. The third-order valence-electron chi connectivity index (χ3n) is 10.7. The van der Waals surface area contributed by atoms with Crippen molar-refractivity contribution in [3.8, 4) is 11.1 Å². The number of nitrogens with zero attached hydrogens (tertiary/aromatic N) is 2. The van der Waals surface area contributed by atoms with Crippen LogP contribution < -0.4 is 5.32 Å². The molecular formula is C49H31N3O. The van der Waals surface area contributed by atoms with Gasteiger partial charge in [-0.1, -0.05) is 158 Å². The lowest BCUT2D eigenvalue weighted by Crippen LogP contribution is -2.33. The molecule has 9 aromatic carbocycles. The van der Waals surface area contributed by atoms with E-state index < -0.39 is 6.17 Å². The molecule has 2 heterocycles. The van der Waals surface area contributed by atoms with Crippen LogP contribution in [-0.4, -0.2) is 11.7 Å². The maximum absolute atomic E-state index is 6.68. The monoisotopic (exact) mass is 677 g/mol. The summed E-state index contributed by atoms with van der Waals surface area (Å²) in [4.78, 5) is 10.8. The smallest absolute Gasteiger partial charge is 0.159 e. The molecule has 11 rings (SSSR count). The third kappa shape index (κ3) is 4.77. The maximum Gasteiger partial charge on any atom is 0.159 e. The van der Waals surface area contributed by atoms with Crippen molar-refractivity contribution in [2.45, 2.75) is 6.17 Å². The Hall–Kier alpha value is -7.04. The second kappa shape index (κ2) is 11.8. The third-order valence-corrected chi connectivity index (χ3v) is 10.7. The lowest BCUT2D eigenvalue weighted by atomic mass is 9.95. The van der Waals surface area contributed by atoms with Gasteiger partial charge >= 0.3 is 0 Å². The summed E-state index contributed by atoms with van der Waals surface area (Å²) < 4.78 is 6.68. The number of benzene rings is 9. The first-order chi connectivity index (χ1) is 26.3. The fourth-order valence-electron chi connectivity index (χ4n) is 8.19. The van der Waals surface area contributed by atoms with Crippen molar-refractivity contribution in [3.05, 3.63) is 193 Å². The number of nitrogens with one attached hydrogen (secondary N) is 1. The van der Waals surface area contributed by atoms with Gasteiger partial charge in [0.15, 0.2) is 5.84 Å². The molecule has 0 saturated carbocycles. The minimum Gasteiger partial charge on any atom is -0.455 e. The van der Waals surface area contributed by atoms with Crippen molar-refractivity contribution >= 4 is 76.7 Å². The lowest BCUT2D eigenvalue weighted by Gasteiger charge is -2.25. The molecule has 4 nitrogen and oxygen atoms in total. The Balaban J connectivity index is 1.17. The Morgan fingerprint density at radius 2 is 1.09 bits per heavy atom. The lowest BCUT2D eigenvalue weighted by molar-refractivity contribution is 0.663. The summed E-state index contributed by atoms with van der Waals surface area (Å²) in [7, 11) is 0. The Labute approximate surface area is 305 Å². The number of hydrogen-bond donors (Lipinski definition) is 1. The van der Waals surface area contributed by atoms with Gasteiger partial charge in [-0.15, -0.1) is 0 Å². The van der Waals surface area contributed by atoms with Crippen LogP contribution in [0.2, 0.25) is 0 Å². The summed E-state index contributed by atoms with van der Waals surface area (Å²) in [6.07, 6.45) is -0.445. The number of para-hydroxylation sites is 1.